The van der Waals surface area contributed by atoms with Gasteiger partial charge < -0.3 is 4.90 Å². The number of hydrogen-bond acceptors (Lipinski definition) is 5. The standard InChI is InChI=1S/C17H22ClN5O/c1-11-5-6-14(10-23(11)13(3)24)17-21-15(9-16(18)22-17)12(2)20-8-7-19-4/h7-9,11,14H,4-6,10H2,1-3H3/b8-7-,20-12+/t11-,14+/m0/s1. The molecule has 24 heavy (non-hydrogen) atoms. The zero-order valence-corrected chi connectivity index (χ0v) is 15.0. The van der Waals surface area contributed by atoms with E-state index in [1.807, 2.05) is 11.8 Å². The summed E-state index contributed by atoms with van der Waals surface area (Å²) >= 11 is 6.17. The molecule has 2 atom stereocenters. The Balaban J connectivity index is 2.28. The summed E-state index contributed by atoms with van der Waals surface area (Å²) in [6, 6.07) is 1.94. The molecule has 0 bridgehead atoms. The van der Waals surface area contributed by atoms with Crippen LogP contribution in [0.2, 0.25) is 5.15 Å². The lowest BCUT2D eigenvalue weighted by molar-refractivity contribution is -0.132. The molecular formula is C17H22ClN5O. The number of rotatable bonds is 4. The lowest BCUT2D eigenvalue weighted by Crippen LogP contribution is -2.44. The second kappa shape index (κ2) is 8.15. The molecule has 128 valence electrons. The molecule has 6 nitrogen and oxygen atoms in total. The maximum Gasteiger partial charge on any atom is 0.219 e. The Hall–Kier alpha value is -2.08. The molecule has 2 rings (SSSR count). The van der Waals surface area contributed by atoms with E-state index < -0.39 is 0 Å². The van der Waals surface area contributed by atoms with Crippen LogP contribution in [-0.4, -0.2) is 45.8 Å². The van der Waals surface area contributed by atoms with E-state index in [0.717, 1.165) is 12.8 Å². The van der Waals surface area contributed by atoms with Crippen LogP contribution in [0.15, 0.2) is 28.5 Å². The second-order valence-corrected chi connectivity index (χ2v) is 6.31. The summed E-state index contributed by atoms with van der Waals surface area (Å²) in [5.41, 5.74) is 1.39. The predicted molar refractivity (Wildman–Crippen MR) is 96.8 cm³/mol. The van der Waals surface area contributed by atoms with Crippen LogP contribution in [0.5, 0.6) is 0 Å². The van der Waals surface area contributed by atoms with Crippen molar-refractivity contribution >= 4 is 29.9 Å². The monoisotopic (exact) mass is 347 g/mol. The van der Waals surface area contributed by atoms with Gasteiger partial charge >= 0.3 is 0 Å². The highest BCUT2D eigenvalue weighted by atomic mass is 35.5. The number of piperidine rings is 1. The van der Waals surface area contributed by atoms with E-state index in [2.05, 4.69) is 33.6 Å². The molecule has 1 aliphatic rings. The molecule has 1 aromatic rings. The minimum absolute atomic E-state index is 0.0780. The third kappa shape index (κ3) is 4.47. The van der Waals surface area contributed by atoms with Crippen molar-refractivity contribution in [1.29, 1.82) is 0 Å². The van der Waals surface area contributed by atoms with Gasteiger partial charge in [0.2, 0.25) is 5.91 Å². The van der Waals surface area contributed by atoms with Gasteiger partial charge in [0, 0.05) is 43.9 Å². The van der Waals surface area contributed by atoms with E-state index in [1.165, 1.54) is 6.20 Å². The van der Waals surface area contributed by atoms with Crippen LogP contribution >= 0.6 is 11.6 Å². The number of hydrogen-bond donors (Lipinski definition) is 0. The van der Waals surface area contributed by atoms with Crippen molar-refractivity contribution in [2.45, 2.75) is 45.6 Å². The van der Waals surface area contributed by atoms with Crippen molar-refractivity contribution < 1.29 is 4.79 Å². The fourth-order valence-corrected chi connectivity index (χ4v) is 3.01. The van der Waals surface area contributed by atoms with Crippen molar-refractivity contribution in [2.75, 3.05) is 6.54 Å². The van der Waals surface area contributed by atoms with Gasteiger partial charge in [0.15, 0.2) is 0 Å². The van der Waals surface area contributed by atoms with Gasteiger partial charge in [-0.15, -0.1) is 0 Å². The van der Waals surface area contributed by atoms with E-state index in [9.17, 15) is 4.79 Å². The quantitative estimate of drug-likeness (QED) is 0.620. The third-order valence-electron chi connectivity index (χ3n) is 4.17. The van der Waals surface area contributed by atoms with Crippen LogP contribution in [0, 0.1) is 0 Å². The highest BCUT2D eigenvalue weighted by Crippen LogP contribution is 2.29. The first-order chi connectivity index (χ1) is 11.4. The van der Waals surface area contributed by atoms with E-state index >= 15 is 0 Å². The van der Waals surface area contributed by atoms with Crippen LogP contribution in [0.3, 0.4) is 0 Å². The molecular weight excluding hydrogens is 326 g/mol. The molecule has 0 spiro atoms. The summed E-state index contributed by atoms with van der Waals surface area (Å²) in [5.74, 6) is 0.825. The van der Waals surface area contributed by atoms with Crippen LogP contribution in [0.4, 0.5) is 0 Å². The molecule has 0 saturated carbocycles. The van der Waals surface area contributed by atoms with E-state index in [0.29, 0.717) is 28.9 Å². The fraction of sp³-hybridized carbons (Fsp3) is 0.471. The zero-order valence-electron chi connectivity index (χ0n) is 14.2. The van der Waals surface area contributed by atoms with Gasteiger partial charge in [-0.25, -0.2) is 9.97 Å². The first-order valence-electron chi connectivity index (χ1n) is 7.89. The van der Waals surface area contributed by atoms with Crippen LogP contribution in [-0.2, 0) is 4.79 Å². The van der Waals surface area contributed by atoms with E-state index in [4.69, 9.17) is 11.6 Å². The van der Waals surface area contributed by atoms with Crippen LogP contribution in [0.25, 0.3) is 0 Å². The first-order valence-corrected chi connectivity index (χ1v) is 8.27. The number of aliphatic imine (C=N–C) groups is 2. The minimum atomic E-state index is 0.0780. The fourth-order valence-electron chi connectivity index (χ4n) is 2.82. The Kier molecular flexibility index (Phi) is 6.20. The summed E-state index contributed by atoms with van der Waals surface area (Å²) in [7, 11) is 0. The highest BCUT2D eigenvalue weighted by Gasteiger charge is 2.30. The summed E-state index contributed by atoms with van der Waals surface area (Å²) in [6.07, 6.45) is 4.91. The van der Waals surface area contributed by atoms with Crippen molar-refractivity contribution in [3.05, 3.63) is 35.1 Å². The highest BCUT2D eigenvalue weighted by molar-refractivity contribution is 6.29. The van der Waals surface area contributed by atoms with Crippen molar-refractivity contribution in [3.8, 4) is 0 Å². The predicted octanol–water partition coefficient (Wildman–Crippen LogP) is 3.23. The SMILES string of the molecule is C=N/C=C\N=C(/C)c1cc(Cl)nc([C@@H]2CC[C@H](C)N(C(C)=O)C2)n1. The minimum Gasteiger partial charge on any atom is -0.340 e. The molecule has 7 heteroatoms. The number of halogens is 1. The first kappa shape index (κ1) is 18.3. The number of amides is 1. The van der Waals surface area contributed by atoms with Crippen LogP contribution in [0.1, 0.15) is 51.0 Å². The topological polar surface area (TPSA) is 70.8 Å². The Bertz CT molecular complexity index is 686. The van der Waals surface area contributed by atoms with Gasteiger partial charge in [0.1, 0.15) is 11.0 Å². The lowest BCUT2D eigenvalue weighted by atomic mass is 9.92. The molecule has 1 fully saturated rings. The third-order valence-corrected chi connectivity index (χ3v) is 4.37. The Morgan fingerprint density at radius 3 is 2.79 bits per heavy atom. The summed E-state index contributed by atoms with van der Waals surface area (Å²) in [5, 5.41) is 0.378. The average Bonchev–Trinajstić information content (AvgIpc) is 2.54. The molecule has 1 aliphatic heterocycles. The van der Waals surface area contributed by atoms with Gasteiger partial charge in [-0.05, 0) is 33.4 Å². The maximum atomic E-state index is 11.8. The molecule has 0 aliphatic carbocycles. The number of carbonyl (C=O) groups is 1. The Morgan fingerprint density at radius 2 is 2.12 bits per heavy atom. The Labute approximate surface area is 147 Å². The molecule has 0 aromatic carbocycles. The molecule has 0 N–H and O–H groups in total. The maximum absolute atomic E-state index is 11.8. The van der Waals surface area contributed by atoms with Gasteiger partial charge in [-0.3, -0.25) is 14.8 Å². The van der Waals surface area contributed by atoms with Gasteiger partial charge in [0.25, 0.3) is 0 Å². The number of aromatic nitrogens is 2. The summed E-state index contributed by atoms with van der Waals surface area (Å²) in [6.45, 7) is 9.49. The summed E-state index contributed by atoms with van der Waals surface area (Å²) in [4.78, 5) is 30.5. The Morgan fingerprint density at radius 1 is 1.38 bits per heavy atom. The lowest BCUT2D eigenvalue weighted by Gasteiger charge is -2.36. The van der Waals surface area contributed by atoms with E-state index in [1.54, 1.807) is 19.2 Å². The van der Waals surface area contributed by atoms with Crippen LogP contribution < -0.4 is 0 Å². The van der Waals surface area contributed by atoms with Gasteiger partial charge in [0.05, 0.1) is 11.4 Å². The molecule has 0 unspecified atom stereocenters. The molecule has 0 radical (unpaired) electrons. The molecule has 1 aromatic heterocycles. The smallest absolute Gasteiger partial charge is 0.219 e. The van der Waals surface area contributed by atoms with Gasteiger partial charge in [-0.1, -0.05) is 11.6 Å². The second-order valence-electron chi connectivity index (χ2n) is 5.92. The number of nitrogens with zero attached hydrogens (tertiary/aromatic N) is 5. The van der Waals surface area contributed by atoms with Crippen molar-refractivity contribution in [3.63, 3.8) is 0 Å². The van der Waals surface area contributed by atoms with Gasteiger partial charge in [-0.2, -0.15) is 0 Å². The number of carbonyl (C=O) groups excluding carboxylic acids is 1. The number of likely N-dealkylation sites (tertiary alicyclic amines) is 1. The van der Waals surface area contributed by atoms with E-state index in [-0.39, 0.29) is 17.9 Å². The van der Waals surface area contributed by atoms with Crippen molar-refractivity contribution in [2.24, 2.45) is 9.98 Å². The molecule has 2 heterocycles. The van der Waals surface area contributed by atoms with Crippen molar-refractivity contribution in [1.82, 2.24) is 14.9 Å². The zero-order chi connectivity index (χ0) is 17.7. The molecule has 1 amide bonds. The largest absolute Gasteiger partial charge is 0.340 e. The normalized spacial score (nSPS) is 22.0. The summed E-state index contributed by atoms with van der Waals surface area (Å²) < 4.78 is 0. The average molecular weight is 348 g/mol. The molecule has 1 saturated heterocycles.